The van der Waals surface area contributed by atoms with Crippen molar-refractivity contribution < 1.29 is 43.5 Å². The van der Waals surface area contributed by atoms with E-state index in [0.717, 1.165) is 49.8 Å². The predicted octanol–water partition coefficient (Wildman–Crippen LogP) is 7.69. The van der Waals surface area contributed by atoms with Crippen molar-refractivity contribution in [2.24, 2.45) is 0 Å². The molecule has 9 heteroatoms. The van der Waals surface area contributed by atoms with Crippen LogP contribution in [0.5, 0.6) is 28.7 Å². The van der Waals surface area contributed by atoms with E-state index in [-0.39, 0.29) is 30.3 Å². The van der Waals surface area contributed by atoms with Crippen LogP contribution in [0.4, 0.5) is 9.59 Å². The molecule has 2 aliphatic rings. The lowest BCUT2D eigenvalue weighted by molar-refractivity contribution is 0.143. The first-order valence-electron chi connectivity index (χ1n) is 13.6. The van der Waals surface area contributed by atoms with Gasteiger partial charge in [-0.15, -0.1) is 0 Å². The second kappa shape index (κ2) is 12.6. The monoisotopic (exact) mass is 548 g/mol. The van der Waals surface area contributed by atoms with Gasteiger partial charge < -0.3 is 33.9 Å². The van der Waals surface area contributed by atoms with Crippen molar-refractivity contribution in [2.45, 2.75) is 70.2 Å². The fourth-order valence-electron chi connectivity index (χ4n) is 5.28. The molecule has 3 aromatic carbocycles. The van der Waals surface area contributed by atoms with E-state index >= 15 is 0 Å². The Morgan fingerprint density at radius 2 is 1.30 bits per heavy atom. The molecule has 2 fully saturated rings. The number of carbonyl (C=O) groups is 2. The van der Waals surface area contributed by atoms with Gasteiger partial charge in [-0.1, -0.05) is 24.3 Å². The molecule has 2 saturated carbocycles. The minimum atomic E-state index is -1.48. The van der Waals surface area contributed by atoms with Crippen LogP contribution in [-0.4, -0.2) is 34.7 Å². The first-order chi connectivity index (χ1) is 19.4. The van der Waals surface area contributed by atoms with Crippen LogP contribution >= 0.6 is 0 Å². The highest BCUT2D eigenvalue weighted by Crippen LogP contribution is 2.41. The van der Waals surface area contributed by atoms with Gasteiger partial charge in [-0.3, -0.25) is 0 Å². The quantitative estimate of drug-likeness (QED) is 0.194. The molecule has 0 spiro atoms. The molecular weight excluding hydrogens is 516 g/mol. The van der Waals surface area contributed by atoms with Crippen LogP contribution in [-0.2, 0) is 6.61 Å². The maximum Gasteiger partial charge on any atom is 0.511 e. The molecule has 0 saturated heterocycles. The lowest BCUT2D eigenvalue weighted by atomic mass is 10.0. The van der Waals surface area contributed by atoms with Gasteiger partial charge in [0, 0.05) is 0 Å². The summed E-state index contributed by atoms with van der Waals surface area (Å²) in [6.07, 6.45) is 6.22. The van der Waals surface area contributed by atoms with Gasteiger partial charge in [0.25, 0.3) is 0 Å². The van der Waals surface area contributed by atoms with Crippen molar-refractivity contribution >= 4 is 12.3 Å². The SMILES string of the molecule is O=C(O)Oc1cccc(-c2c(OCc3ccc(OC4CCCC4)c(OC4CCCC4)c3)cccc2OC(=O)O)c1. The third-order valence-electron chi connectivity index (χ3n) is 7.11. The van der Waals surface area contributed by atoms with Crippen LogP contribution in [0.25, 0.3) is 11.1 Å². The molecule has 3 aromatic rings. The average molecular weight is 549 g/mol. The zero-order valence-corrected chi connectivity index (χ0v) is 22.0. The molecule has 40 heavy (non-hydrogen) atoms. The van der Waals surface area contributed by atoms with Gasteiger partial charge >= 0.3 is 12.3 Å². The molecule has 0 heterocycles. The van der Waals surface area contributed by atoms with Crippen LogP contribution < -0.4 is 23.7 Å². The number of ether oxygens (including phenoxy) is 5. The topological polar surface area (TPSA) is 121 Å². The highest BCUT2D eigenvalue weighted by atomic mass is 16.7. The summed E-state index contributed by atoms with van der Waals surface area (Å²) in [5.41, 5.74) is 1.67. The Balaban J connectivity index is 1.41. The lowest BCUT2D eigenvalue weighted by Gasteiger charge is -2.21. The molecule has 210 valence electrons. The van der Waals surface area contributed by atoms with E-state index in [1.165, 1.54) is 31.0 Å². The summed E-state index contributed by atoms with van der Waals surface area (Å²) in [6, 6.07) is 16.9. The van der Waals surface area contributed by atoms with Gasteiger partial charge in [0.2, 0.25) is 0 Å². The minimum Gasteiger partial charge on any atom is -0.488 e. The van der Waals surface area contributed by atoms with Crippen molar-refractivity contribution in [3.63, 3.8) is 0 Å². The Morgan fingerprint density at radius 1 is 0.675 bits per heavy atom. The van der Waals surface area contributed by atoms with Gasteiger partial charge in [-0.25, -0.2) is 9.59 Å². The van der Waals surface area contributed by atoms with E-state index in [9.17, 15) is 14.7 Å². The first-order valence-corrected chi connectivity index (χ1v) is 13.6. The summed E-state index contributed by atoms with van der Waals surface area (Å²) in [7, 11) is 0. The van der Waals surface area contributed by atoms with Crippen molar-refractivity contribution in [3.05, 3.63) is 66.2 Å². The number of hydrogen-bond donors (Lipinski definition) is 2. The normalized spacial score (nSPS) is 15.5. The lowest BCUT2D eigenvalue weighted by Crippen LogP contribution is -2.15. The molecule has 0 aromatic heterocycles. The molecule has 9 nitrogen and oxygen atoms in total. The summed E-state index contributed by atoms with van der Waals surface area (Å²) in [5.74, 6) is 1.93. The van der Waals surface area contributed by atoms with Crippen LogP contribution in [0, 0.1) is 0 Å². The van der Waals surface area contributed by atoms with Gasteiger partial charge in [-0.2, -0.15) is 0 Å². The van der Waals surface area contributed by atoms with Crippen LogP contribution in [0.2, 0.25) is 0 Å². The van der Waals surface area contributed by atoms with E-state index < -0.39 is 12.3 Å². The number of carboxylic acid groups (broad SMARTS) is 2. The van der Waals surface area contributed by atoms with E-state index in [0.29, 0.717) is 22.6 Å². The highest BCUT2D eigenvalue weighted by Gasteiger charge is 2.23. The fraction of sp³-hybridized carbons (Fsp3) is 0.355. The molecule has 0 amide bonds. The number of rotatable bonds is 10. The smallest absolute Gasteiger partial charge is 0.488 e. The minimum absolute atomic E-state index is 0.0445. The highest BCUT2D eigenvalue weighted by molar-refractivity contribution is 5.80. The summed E-state index contributed by atoms with van der Waals surface area (Å²) < 4.78 is 28.7. The van der Waals surface area contributed by atoms with E-state index in [1.807, 2.05) is 18.2 Å². The first kappa shape index (κ1) is 27.2. The van der Waals surface area contributed by atoms with Gasteiger partial charge in [0.15, 0.2) is 11.5 Å². The maximum absolute atomic E-state index is 11.4. The van der Waals surface area contributed by atoms with Crippen molar-refractivity contribution in [2.75, 3.05) is 0 Å². The number of benzene rings is 3. The standard InChI is InChI=1S/C31H32O9/c32-30(33)39-24-12-5-7-21(18-24)29-26(13-6-14-27(29)40-31(34)35)36-19-20-15-16-25(37-22-8-1-2-9-22)28(17-20)38-23-10-3-4-11-23/h5-7,12-18,22-23H,1-4,8-11,19H2,(H,32,33)(H,34,35). The average Bonchev–Trinajstić information content (AvgIpc) is 3.63. The Kier molecular flexibility index (Phi) is 8.59. The second-order valence-corrected chi connectivity index (χ2v) is 10.0. The number of hydrogen-bond acceptors (Lipinski definition) is 7. The summed E-state index contributed by atoms with van der Waals surface area (Å²) >= 11 is 0. The van der Waals surface area contributed by atoms with Crippen LogP contribution in [0.1, 0.15) is 56.9 Å². The summed E-state index contributed by atoms with van der Waals surface area (Å²) in [6.45, 7) is 0.166. The van der Waals surface area contributed by atoms with Crippen molar-refractivity contribution in [1.29, 1.82) is 0 Å². The third-order valence-corrected chi connectivity index (χ3v) is 7.11. The molecule has 0 atom stereocenters. The van der Waals surface area contributed by atoms with E-state index in [1.54, 1.807) is 24.3 Å². The predicted molar refractivity (Wildman–Crippen MR) is 146 cm³/mol. The van der Waals surface area contributed by atoms with E-state index in [4.69, 9.17) is 28.8 Å². The fourth-order valence-corrected chi connectivity index (χ4v) is 5.28. The maximum atomic E-state index is 11.4. The molecule has 2 aliphatic carbocycles. The zero-order valence-electron chi connectivity index (χ0n) is 22.0. The second-order valence-electron chi connectivity index (χ2n) is 10.0. The molecule has 5 rings (SSSR count). The summed E-state index contributed by atoms with van der Waals surface area (Å²) in [5, 5.41) is 18.3. The molecule has 0 bridgehead atoms. The Hall–Kier alpha value is -4.40. The largest absolute Gasteiger partial charge is 0.511 e. The van der Waals surface area contributed by atoms with Gasteiger partial charge in [-0.05, 0) is 98.9 Å². The molecule has 0 radical (unpaired) electrons. The zero-order chi connectivity index (χ0) is 27.9. The molecule has 2 N–H and O–H groups in total. The Morgan fingerprint density at radius 3 is 1.98 bits per heavy atom. The van der Waals surface area contributed by atoms with E-state index in [2.05, 4.69) is 0 Å². The molecule has 0 aliphatic heterocycles. The summed E-state index contributed by atoms with van der Waals surface area (Å²) in [4.78, 5) is 22.4. The van der Waals surface area contributed by atoms with Crippen molar-refractivity contribution in [1.82, 2.24) is 0 Å². The Bertz CT molecular complexity index is 1340. The van der Waals surface area contributed by atoms with Gasteiger partial charge in [0.1, 0.15) is 23.9 Å². The third kappa shape index (κ3) is 6.97. The van der Waals surface area contributed by atoms with Crippen LogP contribution in [0.15, 0.2) is 60.7 Å². The molecule has 0 unspecified atom stereocenters. The van der Waals surface area contributed by atoms with Gasteiger partial charge in [0.05, 0.1) is 17.8 Å². The van der Waals surface area contributed by atoms with Crippen LogP contribution in [0.3, 0.4) is 0 Å². The molecular formula is C31H32O9. The Labute approximate surface area is 232 Å². The van der Waals surface area contributed by atoms with Crippen molar-refractivity contribution in [3.8, 4) is 39.9 Å².